The van der Waals surface area contributed by atoms with Gasteiger partial charge in [-0.05, 0) is 24.2 Å². The molecule has 0 saturated carbocycles. The monoisotopic (exact) mass is 326 g/mol. The van der Waals surface area contributed by atoms with Crippen molar-refractivity contribution >= 4 is 5.97 Å². The van der Waals surface area contributed by atoms with Gasteiger partial charge in [0.1, 0.15) is 0 Å². The molecule has 2 nitrogen and oxygen atoms in total. The standard InChI is InChI=1S/C21H42O2/c1-18(2)20(4)19(3)16-14-12-10-8-6-5-7-9-11-13-15-17-21(22)23/h18-20H,5-17H2,1-4H3,(H,22,23). The van der Waals surface area contributed by atoms with Gasteiger partial charge in [-0.25, -0.2) is 0 Å². The number of hydrogen-bond donors (Lipinski definition) is 1. The molecule has 0 aromatic rings. The first-order valence-electron chi connectivity index (χ1n) is 10.2. The molecule has 2 atom stereocenters. The highest BCUT2D eigenvalue weighted by atomic mass is 16.4. The minimum Gasteiger partial charge on any atom is -0.481 e. The predicted octanol–water partition coefficient (Wildman–Crippen LogP) is 7.07. The Balaban J connectivity index is 3.20. The number of carboxylic acid groups (broad SMARTS) is 1. The lowest BCUT2D eigenvalue weighted by molar-refractivity contribution is -0.137. The van der Waals surface area contributed by atoms with Gasteiger partial charge in [0.2, 0.25) is 0 Å². The summed E-state index contributed by atoms with van der Waals surface area (Å²) in [4.78, 5) is 10.4. The number of rotatable bonds is 16. The second kappa shape index (κ2) is 15.0. The maximum atomic E-state index is 10.4. The molecule has 0 saturated heterocycles. The van der Waals surface area contributed by atoms with E-state index in [0.29, 0.717) is 6.42 Å². The number of unbranched alkanes of at least 4 members (excludes halogenated alkanes) is 10. The van der Waals surface area contributed by atoms with Crippen molar-refractivity contribution in [2.24, 2.45) is 17.8 Å². The molecule has 0 heterocycles. The van der Waals surface area contributed by atoms with Crippen LogP contribution in [0.4, 0.5) is 0 Å². The van der Waals surface area contributed by atoms with E-state index in [0.717, 1.165) is 30.6 Å². The molecule has 0 spiro atoms. The second-order valence-corrected chi connectivity index (χ2v) is 7.90. The van der Waals surface area contributed by atoms with Gasteiger partial charge in [-0.15, -0.1) is 0 Å². The molecule has 0 aliphatic heterocycles. The normalized spacial score (nSPS) is 14.1. The largest absolute Gasteiger partial charge is 0.481 e. The average molecular weight is 327 g/mol. The Morgan fingerprint density at radius 3 is 1.48 bits per heavy atom. The van der Waals surface area contributed by atoms with Gasteiger partial charge in [-0.2, -0.15) is 0 Å². The molecule has 1 N–H and O–H groups in total. The minimum absolute atomic E-state index is 0.342. The van der Waals surface area contributed by atoms with Gasteiger partial charge in [0.05, 0.1) is 0 Å². The molecule has 138 valence electrons. The smallest absolute Gasteiger partial charge is 0.303 e. The van der Waals surface area contributed by atoms with E-state index in [4.69, 9.17) is 5.11 Å². The first kappa shape index (κ1) is 22.5. The lowest BCUT2D eigenvalue weighted by atomic mass is 9.83. The zero-order valence-electron chi connectivity index (χ0n) is 16.3. The van der Waals surface area contributed by atoms with Crippen LogP contribution < -0.4 is 0 Å². The summed E-state index contributed by atoms with van der Waals surface area (Å²) in [7, 11) is 0. The molecular formula is C21H42O2. The molecular weight excluding hydrogens is 284 g/mol. The third kappa shape index (κ3) is 14.8. The molecule has 2 heteroatoms. The van der Waals surface area contributed by atoms with Crippen LogP contribution >= 0.6 is 0 Å². The summed E-state index contributed by atoms with van der Waals surface area (Å²) in [6.45, 7) is 9.50. The first-order valence-corrected chi connectivity index (χ1v) is 10.2. The summed E-state index contributed by atoms with van der Waals surface area (Å²) in [6.07, 6.45) is 15.8. The summed E-state index contributed by atoms with van der Waals surface area (Å²) >= 11 is 0. The van der Waals surface area contributed by atoms with Crippen LogP contribution in [0.15, 0.2) is 0 Å². The Labute approximate surface area is 145 Å². The van der Waals surface area contributed by atoms with E-state index >= 15 is 0 Å². The van der Waals surface area contributed by atoms with E-state index in [1.807, 2.05) is 0 Å². The van der Waals surface area contributed by atoms with Gasteiger partial charge in [0, 0.05) is 6.42 Å². The van der Waals surface area contributed by atoms with E-state index in [1.165, 1.54) is 64.2 Å². The maximum absolute atomic E-state index is 10.4. The minimum atomic E-state index is -0.655. The lowest BCUT2D eigenvalue weighted by Crippen LogP contribution is -2.14. The maximum Gasteiger partial charge on any atom is 0.303 e. The van der Waals surface area contributed by atoms with E-state index in [9.17, 15) is 4.79 Å². The van der Waals surface area contributed by atoms with Crippen molar-refractivity contribution in [2.45, 2.75) is 111 Å². The van der Waals surface area contributed by atoms with Crippen molar-refractivity contribution < 1.29 is 9.90 Å². The van der Waals surface area contributed by atoms with E-state index in [-0.39, 0.29) is 0 Å². The second-order valence-electron chi connectivity index (χ2n) is 7.90. The highest BCUT2D eigenvalue weighted by Crippen LogP contribution is 2.25. The average Bonchev–Trinajstić information content (AvgIpc) is 2.50. The van der Waals surface area contributed by atoms with Crippen LogP contribution in [-0.2, 0) is 4.79 Å². The van der Waals surface area contributed by atoms with Crippen LogP contribution in [0, 0.1) is 17.8 Å². The van der Waals surface area contributed by atoms with Crippen molar-refractivity contribution in [2.75, 3.05) is 0 Å². The van der Waals surface area contributed by atoms with E-state index in [2.05, 4.69) is 27.7 Å². The van der Waals surface area contributed by atoms with Crippen molar-refractivity contribution in [3.05, 3.63) is 0 Å². The van der Waals surface area contributed by atoms with Crippen LogP contribution in [0.5, 0.6) is 0 Å². The number of aliphatic carboxylic acids is 1. The van der Waals surface area contributed by atoms with E-state index in [1.54, 1.807) is 0 Å². The predicted molar refractivity (Wildman–Crippen MR) is 101 cm³/mol. The molecule has 0 aliphatic carbocycles. The van der Waals surface area contributed by atoms with Gasteiger partial charge in [-0.3, -0.25) is 4.79 Å². The summed E-state index contributed by atoms with van der Waals surface area (Å²) in [5.41, 5.74) is 0. The zero-order chi connectivity index (χ0) is 17.5. The van der Waals surface area contributed by atoms with Crippen molar-refractivity contribution in [1.82, 2.24) is 0 Å². The van der Waals surface area contributed by atoms with Gasteiger partial charge in [0.25, 0.3) is 0 Å². The van der Waals surface area contributed by atoms with Crippen LogP contribution in [0.3, 0.4) is 0 Å². The molecule has 0 fully saturated rings. The van der Waals surface area contributed by atoms with Gasteiger partial charge >= 0.3 is 5.97 Å². The zero-order valence-corrected chi connectivity index (χ0v) is 16.3. The molecule has 2 unspecified atom stereocenters. The molecule has 0 bridgehead atoms. The number of carboxylic acids is 1. The van der Waals surface area contributed by atoms with E-state index < -0.39 is 5.97 Å². The molecule has 0 amide bonds. The Morgan fingerprint density at radius 1 is 0.696 bits per heavy atom. The van der Waals surface area contributed by atoms with Crippen LogP contribution in [0.2, 0.25) is 0 Å². The highest BCUT2D eigenvalue weighted by molar-refractivity contribution is 5.66. The molecule has 0 aromatic heterocycles. The van der Waals surface area contributed by atoms with Gasteiger partial charge < -0.3 is 5.11 Å². The van der Waals surface area contributed by atoms with Crippen molar-refractivity contribution in [3.63, 3.8) is 0 Å². The van der Waals surface area contributed by atoms with Crippen molar-refractivity contribution in [3.8, 4) is 0 Å². The number of hydrogen-bond acceptors (Lipinski definition) is 1. The summed E-state index contributed by atoms with van der Waals surface area (Å²) < 4.78 is 0. The summed E-state index contributed by atoms with van der Waals surface area (Å²) in [6, 6.07) is 0. The fraction of sp³-hybridized carbons (Fsp3) is 0.952. The summed E-state index contributed by atoms with van der Waals surface area (Å²) in [5.74, 6) is 1.88. The molecule has 0 rings (SSSR count). The van der Waals surface area contributed by atoms with Crippen LogP contribution in [0.25, 0.3) is 0 Å². The Morgan fingerprint density at radius 2 is 1.09 bits per heavy atom. The Kier molecular flexibility index (Phi) is 14.7. The molecule has 0 aromatic carbocycles. The quantitative estimate of drug-likeness (QED) is 0.308. The fourth-order valence-corrected chi connectivity index (χ4v) is 3.25. The van der Waals surface area contributed by atoms with Crippen molar-refractivity contribution in [1.29, 1.82) is 0 Å². The third-order valence-electron chi connectivity index (χ3n) is 5.50. The Bertz CT molecular complexity index is 273. The topological polar surface area (TPSA) is 37.3 Å². The summed E-state index contributed by atoms with van der Waals surface area (Å²) in [5, 5.41) is 8.56. The lowest BCUT2D eigenvalue weighted by Gasteiger charge is -2.23. The Hall–Kier alpha value is -0.530. The third-order valence-corrected chi connectivity index (χ3v) is 5.50. The first-order chi connectivity index (χ1) is 10.9. The fourth-order valence-electron chi connectivity index (χ4n) is 3.25. The van der Waals surface area contributed by atoms with Crippen LogP contribution in [0.1, 0.15) is 111 Å². The SMILES string of the molecule is CC(C)C(C)C(C)CCCCCCCCCCCCCC(=O)O. The highest BCUT2D eigenvalue weighted by Gasteiger charge is 2.14. The number of carbonyl (C=O) groups is 1. The molecule has 0 aliphatic rings. The van der Waals surface area contributed by atoms with Gasteiger partial charge in [0.15, 0.2) is 0 Å². The molecule has 0 radical (unpaired) electrons. The molecule has 23 heavy (non-hydrogen) atoms. The van der Waals surface area contributed by atoms with Gasteiger partial charge in [-0.1, -0.05) is 98.3 Å². The van der Waals surface area contributed by atoms with Crippen LogP contribution in [-0.4, -0.2) is 11.1 Å².